The minimum atomic E-state index is -0.275. The van der Waals surface area contributed by atoms with Crippen molar-refractivity contribution in [3.8, 4) is 11.1 Å². The number of nitrogens with zero attached hydrogens (tertiary/aromatic N) is 2. The SMILES string of the molecule is Cc1cc(-c2cccc(C(=O)N3CCOC[C@@H]3CO)c2)ccn1. The molecule has 1 saturated heterocycles. The Bertz CT molecular complexity index is 702. The van der Waals surface area contributed by atoms with Crippen LogP contribution in [-0.4, -0.2) is 53.3 Å². The maximum atomic E-state index is 12.8. The average Bonchev–Trinajstić information content (AvgIpc) is 2.61. The van der Waals surface area contributed by atoms with Crippen molar-refractivity contribution in [2.45, 2.75) is 13.0 Å². The molecule has 1 aliphatic heterocycles. The van der Waals surface area contributed by atoms with Crippen molar-refractivity contribution in [3.05, 3.63) is 53.9 Å². The summed E-state index contributed by atoms with van der Waals surface area (Å²) in [5.74, 6) is -0.0695. The van der Waals surface area contributed by atoms with E-state index in [9.17, 15) is 9.90 Å². The normalized spacial score (nSPS) is 18.0. The van der Waals surface area contributed by atoms with Crippen molar-refractivity contribution < 1.29 is 14.6 Å². The van der Waals surface area contributed by atoms with Crippen molar-refractivity contribution in [3.63, 3.8) is 0 Å². The summed E-state index contributed by atoms with van der Waals surface area (Å²) in [5, 5.41) is 9.44. The van der Waals surface area contributed by atoms with E-state index in [1.165, 1.54) is 0 Å². The molecule has 1 amide bonds. The molecular weight excluding hydrogens is 292 g/mol. The van der Waals surface area contributed by atoms with Crippen molar-refractivity contribution in [2.75, 3.05) is 26.4 Å². The number of carbonyl (C=O) groups excluding carboxylic acids is 1. The molecule has 120 valence electrons. The summed E-state index contributed by atoms with van der Waals surface area (Å²) in [7, 11) is 0. The Morgan fingerprint density at radius 1 is 1.35 bits per heavy atom. The van der Waals surface area contributed by atoms with Crippen LogP contribution in [0.15, 0.2) is 42.6 Å². The van der Waals surface area contributed by atoms with Gasteiger partial charge in [0.2, 0.25) is 0 Å². The second-order valence-corrected chi connectivity index (χ2v) is 5.68. The number of carbonyl (C=O) groups is 1. The van der Waals surface area contributed by atoms with E-state index in [2.05, 4.69) is 4.98 Å². The second kappa shape index (κ2) is 6.89. The minimum absolute atomic E-state index is 0.0695. The van der Waals surface area contributed by atoms with Gasteiger partial charge in [-0.2, -0.15) is 0 Å². The lowest BCUT2D eigenvalue weighted by Gasteiger charge is -2.34. The van der Waals surface area contributed by atoms with Gasteiger partial charge >= 0.3 is 0 Å². The van der Waals surface area contributed by atoms with Crippen LogP contribution in [-0.2, 0) is 4.74 Å². The number of aliphatic hydroxyl groups is 1. The summed E-state index contributed by atoms with van der Waals surface area (Å²) in [6.07, 6.45) is 1.77. The molecule has 1 aromatic carbocycles. The van der Waals surface area contributed by atoms with E-state index in [4.69, 9.17) is 4.74 Å². The van der Waals surface area contributed by atoms with Crippen LogP contribution in [0.5, 0.6) is 0 Å². The monoisotopic (exact) mass is 312 g/mol. The Labute approximate surface area is 135 Å². The zero-order chi connectivity index (χ0) is 16.2. The van der Waals surface area contributed by atoms with Crippen molar-refractivity contribution >= 4 is 5.91 Å². The molecule has 0 radical (unpaired) electrons. The van der Waals surface area contributed by atoms with Gasteiger partial charge in [0.15, 0.2) is 0 Å². The fourth-order valence-corrected chi connectivity index (χ4v) is 2.80. The molecule has 3 rings (SSSR count). The van der Waals surface area contributed by atoms with E-state index in [-0.39, 0.29) is 18.6 Å². The van der Waals surface area contributed by atoms with Crippen LogP contribution in [0.3, 0.4) is 0 Å². The third kappa shape index (κ3) is 3.41. The van der Waals surface area contributed by atoms with E-state index in [0.717, 1.165) is 16.8 Å². The van der Waals surface area contributed by atoms with E-state index in [1.54, 1.807) is 11.1 Å². The number of aromatic nitrogens is 1. The molecular formula is C18H20N2O3. The molecule has 2 heterocycles. The van der Waals surface area contributed by atoms with Crippen LogP contribution >= 0.6 is 0 Å². The molecule has 0 bridgehead atoms. The lowest BCUT2D eigenvalue weighted by atomic mass is 10.0. The highest BCUT2D eigenvalue weighted by Gasteiger charge is 2.27. The first-order chi connectivity index (χ1) is 11.2. The highest BCUT2D eigenvalue weighted by atomic mass is 16.5. The van der Waals surface area contributed by atoms with Crippen LogP contribution in [0.2, 0.25) is 0 Å². The van der Waals surface area contributed by atoms with Gasteiger partial charge in [0.1, 0.15) is 0 Å². The van der Waals surface area contributed by atoms with E-state index in [1.807, 2.05) is 43.3 Å². The average molecular weight is 312 g/mol. The number of hydrogen-bond donors (Lipinski definition) is 1. The molecule has 1 atom stereocenters. The second-order valence-electron chi connectivity index (χ2n) is 5.68. The molecule has 2 aromatic rings. The zero-order valence-corrected chi connectivity index (χ0v) is 13.1. The topological polar surface area (TPSA) is 62.7 Å². The summed E-state index contributed by atoms with van der Waals surface area (Å²) >= 11 is 0. The molecule has 0 spiro atoms. The maximum Gasteiger partial charge on any atom is 0.254 e. The first kappa shape index (κ1) is 15.6. The smallest absolute Gasteiger partial charge is 0.254 e. The summed E-state index contributed by atoms with van der Waals surface area (Å²) < 4.78 is 5.33. The van der Waals surface area contributed by atoms with Crippen LogP contribution in [0.1, 0.15) is 16.1 Å². The fourth-order valence-electron chi connectivity index (χ4n) is 2.80. The van der Waals surface area contributed by atoms with Crippen LogP contribution in [0, 0.1) is 6.92 Å². The van der Waals surface area contributed by atoms with Gasteiger partial charge in [-0.15, -0.1) is 0 Å². The molecule has 5 heteroatoms. The number of hydrogen-bond acceptors (Lipinski definition) is 4. The minimum Gasteiger partial charge on any atom is -0.394 e. The largest absolute Gasteiger partial charge is 0.394 e. The molecule has 1 aliphatic rings. The number of benzene rings is 1. The predicted octanol–water partition coefficient (Wildman–Crippen LogP) is 1.89. The standard InChI is InChI=1S/C18H20N2O3/c1-13-9-15(5-6-19-13)14-3-2-4-16(10-14)18(22)20-7-8-23-12-17(20)11-21/h2-6,9-10,17,21H,7-8,11-12H2,1H3/t17-/m0/s1. The summed E-state index contributed by atoms with van der Waals surface area (Å²) in [6, 6.07) is 11.2. The van der Waals surface area contributed by atoms with Gasteiger partial charge in [0, 0.05) is 24.0 Å². The first-order valence-electron chi connectivity index (χ1n) is 7.71. The van der Waals surface area contributed by atoms with E-state index in [0.29, 0.717) is 25.3 Å². The Morgan fingerprint density at radius 3 is 2.96 bits per heavy atom. The number of aliphatic hydroxyl groups excluding tert-OH is 1. The number of ether oxygens (including phenoxy) is 1. The summed E-state index contributed by atoms with van der Waals surface area (Å²) in [6.45, 7) is 3.24. The Hall–Kier alpha value is -2.24. The fraction of sp³-hybridized carbons (Fsp3) is 0.333. The number of pyridine rings is 1. The third-order valence-electron chi connectivity index (χ3n) is 4.04. The molecule has 1 N–H and O–H groups in total. The van der Waals surface area contributed by atoms with Gasteiger partial charge in [-0.1, -0.05) is 12.1 Å². The van der Waals surface area contributed by atoms with Crippen molar-refractivity contribution in [1.82, 2.24) is 9.88 Å². The van der Waals surface area contributed by atoms with Gasteiger partial charge in [-0.25, -0.2) is 0 Å². The zero-order valence-electron chi connectivity index (χ0n) is 13.1. The van der Waals surface area contributed by atoms with Gasteiger partial charge in [-0.05, 0) is 42.3 Å². The number of rotatable bonds is 3. The number of aryl methyl sites for hydroxylation is 1. The highest BCUT2D eigenvalue weighted by molar-refractivity contribution is 5.95. The van der Waals surface area contributed by atoms with E-state index >= 15 is 0 Å². The maximum absolute atomic E-state index is 12.8. The number of morpholine rings is 1. The molecule has 5 nitrogen and oxygen atoms in total. The molecule has 1 aromatic heterocycles. The third-order valence-corrected chi connectivity index (χ3v) is 4.04. The van der Waals surface area contributed by atoms with Gasteiger partial charge in [0.05, 0.1) is 25.9 Å². The molecule has 1 fully saturated rings. The lowest BCUT2D eigenvalue weighted by molar-refractivity contribution is -0.0183. The van der Waals surface area contributed by atoms with E-state index < -0.39 is 0 Å². The van der Waals surface area contributed by atoms with Crippen LogP contribution in [0.4, 0.5) is 0 Å². The van der Waals surface area contributed by atoms with Gasteiger partial charge < -0.3 is 14.7 Å². The molecule has 0 unspecified atom stereocenters. The van der Waals surface area contributed by atoms with Crippen molar-refractivity contribution in [2.24, 2.45) is 0 Å². The lowest BCUT2D eigenvalue weighted by Crippen LogP contribution is -2.50. The highest BCUT2D eigenvalue weighted by Crippen LogP contribution is 2.22. The summed E-state index contributed by atoms with van der Waals surface area (Å²) in [5.41, 5.74) is 3.58. The first-order valence-corrected chi connectivity index (χ1v) is 7.71. The quantitative estimate of drug-likeness (QED) is 0.940. The van der Waals surface area contributed by atoms with Gasteiger partial charge in [0.25, 0.3) is 5.91 Å². The Kier molecular flexibility index (Phi) is 4.69. The van der Waals surface area contributed by atoms with Gasteiger partial charge in [-0.3, -0.25) is 9.78 Å². The Balaban J connectivity index is 1.88. The molecule has 0 saturated carbocycles. The van der Waals surface area contributed by atoms with Crippen molar-refractivity contribution in [1.29, 1.82) is 0 Å². The Morgan fingerprint density at radius 2 is 2.17 bits per heavy atom. The molecule has 23 heavy (non-hydrogen) atoms. The van der Waals surface area contributed by atoms with Crippen LogP contribution in [0.25, 0.3) is 11.1 Å². The summed E-state index contributed by atoms with van der Waals surface area (Å²) in [4.78, 5) is 18.7. The predicted molar refractivity (Wildman–Crippen MR) is 87.1 cm³/mol. The molecule has 0 aliphatic carbocycles. The van der Waals surface area contributed by atoms with Crippen LogP contribution < -0.4 is 0 Å². The number of amides is 1.